The molecule has 2 aromatic rings. The first-order valence-corrected chi connectivity index (χ1v) is 7.49. The highest BCUT2D eigenvalue weighted by atomic mass is 35.5. The Labute approximate surface area is 135 Å². The summed E-state index contributed by atoms with van der Waals surface area (Å²) in [7, 11) is 0. The number of halogens is 1. The molecule has 2 aromatic carbocycles. The molecular formula is C18H18ClNO2. The number of carbonyl (C=O) groups is 1. The van der Waals surface area contributed by atoms with Crippen molar-refractivity contribution in [1.29, 1.82) is 0 Å². The molecule has 0 atom stereocenters. The SMILES string of the molecule is CCO/C(=C/C(=O)c1ccc(Cl)cc1)NCc1ccccc1. The zero-order valence-electron chi connectivity index (χ0n) is 12.4. The van der Waals surface area contributed by atoms with Gasteiger partial charge in [0.1, 0.15) is 0 Å². The van der Waals surface area contributed by atoms with E-state index in [4.69, 9.17) is 16.3 Å². The van der Waals surface area contributed by atoms with Gasteiger partial charge < -0.3 is 10.1 Å². The molecule has 0 saturated carbocycles. The average molecular weight is 316 g/mol. The van der Waals surface area contributed by atoms with Crippen molar-refractivity contribution in [1.82, 2.24) is 5.32 Å². The molecule has 0 spiro atoms. The third kappa shape index (κ3) is 4.93. The summed E-state index contributed by atoms with van der Waals surface area (Å²) < 4.78 is 5.48. The zero-order valence-corrected chi connectivity index (χ0v) is 13.1. The number of benzene rings is 2. The summed E-state index contributed by atoms with van der Waals surface area (Å²) in [5.74, 6) is 0.340. The van der Waals surface area contributed by atoms with Gasteiger partial charge in [-0.3, -0.25) is 4.79 Å². The number of ether oxygens (including phenoxy) is 1. The number of carbonyl (C=O) groups excluding carboxylic acids is 1. The van der Waals surface area contributed by atoms with Gasteiger partial charge in [-0.25, -0.2) is 0 Å². The van der Waals surface area contributed by atoms with E-state index in [0.29, 0.717) is 29.6 Å². The van der Waals surface area contributed by atoms with Crippen LogP contribution in [0.25, 0.3) is 0 Å². The Balaban J connectivity index is 2.05. The van der Waals surface area contributed by atoms with Crippen molar-refractivity contribution >= 4 is 17.4 Å². The monoisotopic (exact) mass is 315 g/mol. The molecule has 0 heterocycles. The van der Waals surface area contributed by atoms with E-state index in [9.17, 15) is 4.79 Å². The quantitative estimate of drug-likeness (QED) is 0.473. The summed E-state index contributed by atoms with van der Waals surface area (Å²) in [6, 6.07) is 16.7. The maximum absolute atomic E-state index is 12.2. The summed E-state index contributed by atoms with van der Waals surface area (Å²) in [6.07, 6.45) is 1.47. The number of allylic oxidation sites excluding steroid dienone is 1. The van der Waals surface area contributed by atoms with Crippen molar-refractivity contribution in [3.8, 4) is 0 Å². The Morgan fingerprint density at radius 3 is 2.45 bits per heavy atom. The Morgan fingerprint density at radius 1 is 1.14 bits per heavy atom. The number of hydrogen-bond acceptors (Lipinski definition) is 3. The van der Waals surface area contributed by atoms with E-state index in [1.807, 2.05) is 37.3 Å². The van der Waals surface area contributed by atoms with Crippen LogP contribution in [0.1, 0.15) is 22.8 Å². The highest BCUT2D eigenvalue weighted by Gasteiger charge is 2.06. The lowest BCUT2D eigenvalue weighted by molar-refractivity contribution is 0.103. The van der Waals surface area contributed by atoms with Crippen LogP contribution in [0, 0.1) is 0 Å². The Morgan fingerprint density at radius 2 is 1.82 bits per heavy atom. The number of rotatable bonds is 7. The minimum Gasteiger partial charge on any atom is -0.479 e. The predicted octanol–water partition coefficient (Wildman–Crippen LogP) is 4.19. The molecule has 114 valence electrons. The van der Waals surface area contributed by atoms with Crippen molar-refractivity contribution in [3.05, 3.63) is 82.7 Å². The molecule has 0 radical (unpaired) electrons. The van der Waals surface area contributed by atoms with Gasteiger partial charge in [0.25, 0.3) is 0 Å². The van der Waals surface area contributed by atoms with Crippen molar-refractivity contribution in [3.63, 3.8) is 0 Å². The third-order valence-electron chi connectivity index (χ3n) is 3.00. The van der Waals surface area contributed by atoms with Gasteiger partial charge >= 0.3 is 0 Å². The van der Waals surface area contributed by atoms with Crippen LogP contribution in [0.4, 0.5) is 0 Å². The topological polar surface area (TPSA) is 38.3 Å². The first kappa shape index (κ1) is 16.1. The first-order valence-electron chi connectivity index (χ1n) is 7.11. The molecule has 3 nitrogen and oxygen atoms in total. The maximum atomic E-state index is 12.2. The number of ketones is 1. The highest BCUT2D eigenvalue weighted by Crippen LogP contribution is 2.11. The maximum Gasteiger partial charge on any atom is 0.191 e. The Kier molecular flexibility index (Phi) is 6.04. The summed E-state index contributed by atoms with van der Waals surface area (Å²) in [5, 5.41) is 3.75. The standard InChI is InChI=1S/C18H18ClNO2/c1-2-22-18(20-13-14-6-4-3-5-7-14)12-17(21)15-8-10-16(19)11-9-15/h3-12,20H,2,13H2,1H3/b18-12+. The molecule has 0 aliphatic rings. The van der Waals surface area contributed by atoms with E-state index in [2.05, 4.69) is 5.32 Å². The lowest BCUT2D eigenvalue weighted by atomic mass is 10.1. The van der Waals surface area contributed by atoms with Gasteiger partial charge in [-0.2, -0.15) is 0 Å². The first-order chi connectivity index (χ1) is 10.7. The van der Waals surface area contributed by atoms with E-state index in [1.54, 1.807) is 24.3 Å². The average Bonchev–Trinajstić information content (AvgIpc) is 2.54. The molecule has 4 heteroatoms. The molecule has 2 rings (SSSR count). The van der Waals surface area contributed by atoms with Gasteiger partial charge in [-0.15, -0.1) is 0 Å². The minimum atomic E-state index is -0.124. The fraction of sp³-hybridized carbons (Fsp3) is 0.167. The van der Waals surface area contributed by atoms with Gasteiger partial charge in [-0.05, 0) is 36.8 Å². The second-order valence-electron chi connectivity index (χ2n) is 4.65. The third-order valence-corrected chi connectivity index (χ3v) is 3.25. The molecule has 0 saturated heterocycles. The minimum absolute atomic E-state index is 0.124. The molecule has 0 aliphatic heterocycles. The van der Waals surface area contributed by atoms with Crippen molar-refractivity contribution < 1.29 is 9.53 Å². The van der Waals surface area contributed by atoms with Crippen molar-refractivity contribution in [2.45, 2.75) is 13.5 Å². The molecule has 0 bridgehead atoms. The van der Waals surface area contributed by atoms with Crippen LogP contribution < -0.4 is 5.32 Å². The predicted molar refractivity (Wildman–Crippen MR) is 88.8 cm³/mol. The van der Waals surface area contributed by atoms with Crippen LogP contribution >= 0.6 is 11.6 Å². The normalized spacial score (nSPS) is 11.1. The summed E-state index contributed by atoms with van der Waals surface area (Å²) in [5.41, 5.74) is 1.69. The molecule has 0 aromatic heterocycles. The van der Waals surface area contributed by atoms with Gasteiger partial charge in [-0.1, -0.05) is 41.9 Å². The van der Waals surface area contributed by atoms with E-state index in [1.165, 1.54) is 6.08 Å². The van der Waals surface area contributed by atoms with Gasteiger partial charge in [0, 0.05) is 23.2 Å². The summed E-state index contributed by atoms with van der Waals surface area (Å²) in [4.78, 5) is 12.2. The molecule has 0 aliphatic carbocycles. The van der Waals surface area contributed by atoms with E-state index in [0.717, 1.165) is 5.56 Å². The molecule has 0 unspecified atom stereocenters. The van der Waals surface area contributed by atoms with E-state index in [-0.39, 0.29) is 5.78 Å². The van der Waals surface area contributed by atoms with E-state index >= 15 is 0 Å². The van der Waals surface area contributed by atoms with Crippen LogP contribution in [0.2, 0.25) is 5.02 Å². The van der Waals surface area contributed by atoms with Crippen LogP contribution in [0.5, 0.6) is 0 Å². The van der Waals surface area contributed by atoms with Crippen molar-refractivity contribution in [2.24, 2.45) is 0 Å². The molecule has 22 heavy (non-hydrogen) atoms. The second-order valence-corrected chi connectivity index (χ2v) is 5.09. The van der Waals surface area contributed by atoms with Crippen molar-refractivity contribution in [2.75, 3.05) is 6.61 Å². The highest BCUT2D eigenvalue weighted by molar-refractivity contribution is 6.30. The fourth-order valence-corrected chi connectivity index (χ4v) is 2.03. The summed E-state index contributed by atoms with van der Waals surface area (Å²) in [6.45, 7) is 2.97. The number of nitrogens with one attached hydrogen (secondary N) is 1. The zero-order chi connectivity index (χ0) is 15.8. The fourth-order valence-electron chi connectivity index (χ4n) is 1.90. The van der Waals surface area contributed by atoms with Crippen LogP contribution in [-0.4, -0.2) is 12.4 Å². The lowest BCUT2D eigenvalue weighted by Crippen LogP contribution is -2.17. The van der Waals surface area contributed by atoms with Crippen LogP contribution in [0.15, 0.2) is 66.6 Å². The Bertz CT molecular complexity index is 636. The molecule has 0 amide bonds. The molecular weight excluding hydrogens is 298 g/mol. The van der Waals surface area contributed by atoms with Gasteiger partial charge in [0.15, 0.2) is 11.7 Å². The van der Waals surface area contributed by atoms with Gasteiger partial charge in [0.2, 0.25) is 0 Å². The second kappa shape index (κ2) is 8.25. The lowest BCUT2D eigenvalue weighted by Gasteiger charge is -2.11. The number of hydrogen-bond donors (Lipinski definition) is 1. The molecule has 1 N–H and O–H groups in total. The van der Waals surface area contributed by atoms with Gasteiger partial charge in [0.05, 0.1) is 6.61 Å². The summed E-state index contributed by atoms with van der Waals surface area (Å²) >= 11 is 5.83. The van der Waals surface area contributed by atoms with Crippen LogP contribution in [-0.2, 0) is 11.3 Å². The Hall–Kier alpha value is -2.26. The van der Waals surface area contributed by atoms with E-state index < -0.39 is 0 Å². The van der Waals surface area contributed by atoms with Crippen LogP contribution in [0.3, 0.4) is 0 Å². The molecule has 0 fully saturated rings. The largest absolute Gasteiger partial charge is 0.479 e. The smallest absolute Gasteiger partial charge is 0.191 e.